The minimum atomic E-state index is -4.56. The van der Waals surface area contributed by atoms with E-state index in [1.54, 1.807) is 18.2 Å². The summed E-state index contributed by atoms with van der Waals surface area (Å²) in [4.78, 5) is 26.3. The van der Waals surface area contributed by atoms with E-state index in [0.29, 0.717) is 16.5 Å². The van der Waals surface area contributed by atoms with Crippen molar-refractivity contribution in [2.24, 2.45) is 0 Å². The van der Waals surface area contributed by atoms with Crippen molar-refractivity contribution in [1.29, 1.82) is 0 Å². The number of aromatic nitrogens is 2. The number of thioether (sulfide) groups is 1. The zero-order chi connectivity index (χ0) is 24.9. The van der Waals surface area contributed by atoms with Gasteiger partial charge in [0.1, 0.15) is 6.17 Å². The maximum atomic E-state index is 14.1. The van der Waals surface area contributed by atoms with E-state index in [2.05, 4.69) is 10.4 Å². The van der Waals surface area contributed by atoms with Crippen LogP contribution in [0.4, 0.5) is 22.4 Å². The van der Waals surface area contributed by atoms with Gasteiger partial charge in [-0.1, -0.05) is 23.7 Å². The molecular weight excluding hydrogens is 508 g/mol. The number of fused-ring (bicyclic) bond motifs is 1. The number of benzene rings is 2. The smallest absolute Gasteiger partial charge is 0.312 e. The quantitative estimate of drug-likeness (QED) is 0.380. The Morgan fingerprint density at radius 3 is 2.69 bits per heavy atom. The zero-order valence-electron chi connectivity index (χ0n) is 17.9. The summed E-state index contributed by atoms with van der Waals surface area (Å²) in [6.07, 6.45) is -2.82. The van der Waals surface area contributed by atoms with E-state index in [1.165, 1.54) is 29.1 Å². The number of nitrogens with one attached hydrogen (secondary N) is 1. The summed E-state index contributed by atoms with van der Waals surface area (Å²) in [5.41, 5.74) is 0.396. The Morgan fingerprint density at radius 1 is 1.17 bits per heavy atom. The molecule has 1 aromatic heterocycles. The number of carbonyl (C=O) groups is 2. The zero-order valence-corrected chi connectivity index (χ0v) is 19.4. The van der Waals surface area contributed by atoms with Crippen LogP contribution in [0.1, 0.15) is 16.7 Å². The van der Waals surface area contributed by atoms with Crippen molar-refractivity contribution in [3.63, 3.8) is 0 Å². The van der Waals surface area contributed by atoms with Crippen molar-refractivity contribution in [3.05, 3.63) is 69.2 Å². The molecule has 0 bridgehead atoms. The summed E-state index contributed by atoms with van der Waals surface area (Å²) in [7, 11) is 0. The number of rotatable bonds is 4. The lowest BCUT2D eigenvalue weighted by atomic mass is 10.1. The van der Waals surface area contributed by atoms with E-state index >= 15 is 0 Å². The van der Waals surface area contributed by atoms with Gasteiger partial charge in [-0.2, -0.15) is 18.3 Å². The predicted molar refractivity (Wildman–Crippen MR) is 125 cm³/mol. The van der Waals surface area contributed by atoms with E-state index in [4.69, 9.17) is 11.6 Å². The third kappa shape index (κ3) is 4.55. The van der Waals surface area contributed by atoms with Crippen LogP contribution in [0.25, 0.3) is 17.0 Å². The first-order valence-electron chi connectivity index (χ1n) is 10.5. The molecular formula is C23H17ClF4N4O2S. The van der Waals surface area contributed by atoms with Gasteiger partial charge in [-0.05, 0) is 53.2 Å². The number of hydrogen-bond donors (Lipinski definition) is 1. The Bertz CT molecular complexity index is 1370. The lowest BCUT2D eigenvalue weighted by Gasteiger charge is -2.21. The van der Waals surface area contributed by atoms with Crippen molar-refractivity contribution in [3.8, 4) is 0 Å². The highest BCUT2D eigenvalue weighted by atomic mass is 35.5. The predicted octanol–water partition coefficient (Wildman–Crippen LogP) is 5.10. The molecule has 3 aromatic rings. The van der Waals surface area contributed by atoms with Gasteiger partial charge in [-0.25, -0.2) is 4.39 Å². The molecule has 2 atom stereocenters. The third-order valence-electron chi connectivity index (χ3n) is 5.93. The molecule has 2 fully saturated rings. The van der Waals surface area contributed by atoms with Crippen LogP contribution in [0.5, 0.6) is 0 Å². The van der Waals surface area contributed by atoms with E-state index in [0.717, 1.165) is 22.7 Å². The number of carbonyl (C=O) groups excluding carboxylic acids is 2. The normalized spacial score (nSPS) is 22.2. The van der Waals surface area contributed by atoms with E-state index in [1.807, 2.05) is 0 Å². The molecule has 6 nitrogen and oxygen atoms in total. The van der Waals surface area contributed by atoms with Crippen molar-refractivity contribution in [2.75, 3.05) is 13.1 Å². The standard InChI is InChI=1S/C23H17ClF4N4O2S/c24-15-3-2-13(16(7-15)23(26,27)28)11-31-18-4-1-12(5-14(18)8-30-31)6-20-21(33)32(22(34)35-20)19-10-29-9-17(19)25/h1-8,17,19,29H,9-11H2/t17-,19-/m1/s1. The van der Waals surface area contributed by atoms with Crippen LogP contribution >= 0.6 is 23.4 Å². The number of amides is 2. The van der Waals surface area contributed by atoms with Crippen LogP contribution in [0, 0.1) is 0 Å². The van der Waals surface area contributed by atoms with Gasteiger partial charge in [0.15, 0.2) is 0 Å². The topological polar surface area (TPSA) is 67.2 Å². The first-order chi connectivity index (χ1) is 16.6. The minimum Gasteiger partial charge on any atom is -0.312 e. The molecule has 2 amide bonds. The van der Waals surface area contributed by atoms with Crippen LogP contribution < -0.4 is 5.32 Å². The maximum absolute atomic E-state index is 14.1. The second-order valence-corrected chi connectivity index (χ2v) is 9.64. The highest BCUT2D eigenvalue weighted by molar-refractivity contribution is 8.18. The molecule has 0 unspecified atom stereocenters. The number of hydrogen-bond acceptors (Lipinski definition) is 5. The van der Waals surface area contributed by atoms with Crippen LogP contribution in [0.3, 0.4) is 0 Å². The summed E-state index contributed by atoms with van der Waals surface area (Å²) >= 11 is 6.51. The van der Waals surface area contributed by atoms with Gasteiger partial charge in [-0.3, -0.25) is 19.2 Å². The number of nitrogens with zero attached hydrogens (tertiary/aromatic N) is 3. The van der Waals surface area contributed by atoms with Crippen molar-refractivity contribution >= 4 is 51.5 Å². The molecule has 0 saturated carbocycles. The Labute approximate surface area is 205 Å². The fourth-order valence-electron chi connectivity index (χ4n) is 4.24. The molecule has 3 heterocycles. The van der Waals surface area contributed by atoms with E-state index in [9.17, 15) is 27.2 Å². The third-order valence-corrected chi connectivity index (χ3v) is 7.05. The molecule has 12 heteroatoms. The highest BCUT2D eigenvalue weighted by Crippen LogP contribution is 2.36. The van der Waals surface area contributed by atoms with Crippen molar-refractivity contribution in [1.82, 2.24) is 20.0 Å². The van der Waals surface area contributed by atoms with E-state index < -0.39 is 35.1 Å². The fraction of sp³-hybridized carbons (Fsp3) is 0.261. The maximum Gasteiger partial charge on any atom is 0.416 e. The van der Waals surface area contributed by atoms with Gasteiger partial charge in [0.2, 0.25) is 0 Å². The van der Waals surface area contributed by atoms with Gasteiger partial charge in [0.05, 0.1) is 34.8 Å². The Kier molecular flexibility index (Phi) is 6.10. The van der Waals surface area contributed by atoms with Crippen molar-refractivity contribution in [2.45, 2.75) is 24.9 Å². The molecule has 2 aliphatic rings. The monoisotopic (exact) mass is 524 g/mol. The first kappa shape index (κ1) is 23.8. The average Bonchev–Trinajstić information content (AvgIpc) is 3.46. The molecule has 2 aliphatic heterocycles. The van der Waals surface area contributed by atoms with Crippen LogP contribution in [0.15, 0.2) is 47.5 Å². The Hall–Kier alpha value is -2.89. The van der Waals surface area contributed by atoms with Gasteiger partial charge in [-0.15, -0.1) is 0 Å². The SMILES string of the molecule is O=C1SC(=Cc2ccc3c(cnn3Cc3ccc(Cl)cc3C(F)(F)F)c2)C(=O)N1[C@@H]1CNC[C@H]1F. The average molecular weight is 525 g/mol. The highest BCUT2D eigenvalue weighted by Gasteiger charge is 2.44. The second-order valence-electron chi connectivity index (χ2n) is 8.21. The largest absolute Gasteiger partial charge is 0.416 e. The van der Waals surface area contributed by atoms with Crippen LogP contribution in [0.2, 0.25) is 5.02 Å². The summed E-state index contributed by atoms with van der Waals surface area (Å²) in [6.45, 7) is 0.182. The molecule has 2 aromatic carbocycles. The summed E-state index contributed by atoms with van der Waals surface area (Å²) < 4.78 is 55.9. The number of alkyl halides is 4. The second kappa shape index (κ2) is 8.96. The summed E-state index contributed by atoms with van der Waals surface area (Å²) in [5, 5.41) is 7.17. The summed E-state index contributed by atoms with van der Waals surface area (Å²) in [6, 6.07) is 7.86. The lowest BCUT2D eigenvalue weighted by Crippen LogP contribution is -2.44. The van der Waals surface area contributed by atoms with Crippen molar-refractivity contribution < 1.29 is 27.2 Å². The van der Waals surface area contributed by atoms with Gasteiger partial charge < -0.3 is 5.32 Å². The number of imide groups is 1. The lowest BCUT2D eigenvalue weighted by molar-refractivity contribution is -0.138. The summed E-state index contributed by atoms with van der Waals surface area (Å²) in [5.74, 6) is -0.547. The van der Waals surface area contributed by atoms with Gasteiger partial charge in [0.25, 0.3) is 11.1 Å². The van der Waals surface area contributed by atoms with Crippen LogP contribution in [-0.2, 0) is 17.5 Å². The first-order valence-corrected chi connectivity index (χ1v) is 11.7. The molecule has 0 spiro atoms. The van der Waals surface area contributed by atoms with Gasteiger partial charge in [0, 0.05) is 23.5 Å². The molecule has 1 N–H and O–H groups in total. The van der Waals surface area contributed by atoms with Gasteiger partial charge >= 0.3 is 6.18 Å². The molecule has 35 heavy (non-hydrogen) atoms. The fourth-order valence-corrected chi connectivity index (χ4v) is 5.29. The molecule has 5 rings (SSSR count). The molecule has 0 radical (unpaired) electrons. The molecule has 2 saturated heterocycles. The minimum absolute atomic E-state index is 0.00770. The van der Waals surface area contributed by atoms with Crippen LogP contribution in [-0.4, -0.2) is 51.1 Å². The number of halogens is 5. The molecule has 182 valence electrons. The van der Waals surface area contributed by atoms with E-state index in [-0.39, 0.29) is 35.1 Å². The Balaban J connectivity index is 1.41. The Morgan fingerprint density at radius 2 is 1.97 bits per heavy atom. The molecule has 0 aliphatic carbocycles.